The molecule has 2 aromatic carbocycles. The molecule has 0 heterocycles. The maximum Gasteiger partial charge on any atom is 0.146 e. The van der Waals surface area contributed by atoms with Crippen molar-refractivity contribution in [2.45, 2.75) is 0 Å². The molecule has 0 saturated carbocycles. The van der Waals surface area contributed by atoms with Crippen LogP contribution in [-0.4, -0.2) is 7.05 Å². The SMILES string of the molecule is CNc1ccc(Oc2cccc(Br)c2C#N)cc1. The number of hydrogen-bond donors (Lipinski definition) is 1. The van der Waals surface area contributed by atoms with Crippen LogP contribution in [0.3, 0.4) is 0 Å². The molecule has 0 aliphatic rings. The molecule has 0 saturated heterocycles. The van der Waals surface area contributed by atoms with Gasteiger partial charge in [0.25, 0.3) is 0 Å². The van der Waals surface area contributed by atoms with Crippen molar-refractivity contribution in [2.24, 2.45) is 0 Å². The Balaban J connectivity index is 2.28. The summed E-state index contributed by atoms with van der Waals surface area (Å²) in [5.41, 5.74) is 1.51. The number of nitriles is 1. The summed E-state index contributed by atoms with van der Waals surface area (Å²) in [6, 6.07) is 15.1. The summed E-state index contributed by atoms with van der Waals surface area (Å²) < 4.78 is 6.43. The van der Waals surface area contributed by atoms with Crippen molar-refractivity contribution in [3.63, 3.8) is 0 Å². The summed E-state index contributed by atoms with van der Waals surface area (Å²) in [5, 5.41) is 12.1. The molecule has 18 heavy (non-hydrogen) atoms. The zero-order valence-electron chi connectivity index (χ0n) is 9.77. The van der Waals surface area contributed by atoms with Crippen molar-refractivity contribution >= 4 is 21.6 Å². The molecule has 0 fully saturated rings. The van der Waals surface area contributed by atoms with Crippen molar-refractivity contribution in [3.8, 4) is 17.6 Å². The van der Waals surface area contributed by atoms with Crippen LogP contribution in [0.25, 0.3) is 0 Å². The first-order chi connectivity index (χ1) is 8.74. The number of benzene rings is 2. The molecule has 0 radical (unpaired) electrons. The molecular weight excluding hydrogens is 292 g/mol. The Hall–Kier alpha value is -1.99. The van der Waals surface area contributed by atoms with Crippen LogP contribution >= 0.6 is 15.9 Å². The van der Waals surface area contributed by atoms with Crippen molar-refractivity contribution < 1.29 is 4.74 Å². The van der Waals surface area contributed by atoms with Gasteiger partial charge in [-0.15, -0.1) is 0 Å². The van der Waals surface area contributed by atoms with E-state index in [0.717, 1.165) is 10.2 Å². The quantitative estimate of drug-likeness (QED) is 0.926. The van der Waals surface area contributed by atoms with Gasteiger partial charge in [-0.3, -0.25) is 0 Å². The lowest BCUT2D eigenvalue weighted by molar-refractivity contribution is 0.481. The Morgan fingerprint density at radius 3 is 2.50 bits per heavy atom. The first kappa shape index (κ1) is 12.5. The Labute approximate surface area is 114 Å². The molecule has 2 rings (SSSR count). The molecule has 0 amide bonds. The zero-order chi connectivity index (χ0) is 13.0. The fourth-order valence-corrected chi connectivity index (χ4v) is 1.95. The Morgan fingerprint density at radius 1 is 1.17 bits per heavy atom. The fourth-order valence-electron chi connectivity index (χ4n) is 1.51. The number of hydrogen-bond acceptors (Lipinski definition) is 3. The van der Waals surface area contributed by atoms with Crippen LogP contribution in [0.2, 0.25) is 0 Å². The first-order valence-corrected chi connectivity index (χ1v) is 6.18. The summed E-state index contributed by atoms with van der Waals surface area (Å²) in [6.45, 7) is 0. The van der Waals surface area contributed by atoms with Crippen LogP contribution < -0.4 is 10.1 Å². The molecule has 2 aromatic rings. The summed E-state index contributed by atoms with van der Waals surface area (Å²) in [5.74, 6) is 1.24. The van der Waals surface area contributed by atoms with E-state index in [9.17, 15) is 0 Å². The maximum absolute atomic E-state index is 9.09. The van der Waals surface area contributed by atoms with Gasteiger partial charge in [0.1, 0.15) is 23.1 Å². The minimum Gasteiger partial charge on any atom is -0.456 e. The Morgan fingerprint density at radius 2 is 1.89 bits per heavy atom. The maximum atomic E-state index is 9.09. The normalized spacial score (nSPS) is 9.61. The average Bonchev–Trinajstić information content (AvgIpc) is 2.40. The summed E-state index contributed by atoms with van der Waals surface area (Å²) in [6.07, 6.45) is 0. The summed E-state index contributed by atoms with van der Waals surface area (Å²) >= 11 is 3.33. The summed E-state index contributed by atoms with van der Waals surface area (Å²) in [4.78, 5) is 0. The zero-order valence-corrected chi connectivity index (χ0v) is 11.4. The molecule has 3 nitrogen and oxygen atoms in total. The lowest BCUT2D eigenvalue weighted by Gasteiger charge is -2.09. The molecule has 90 valence electrons. The number of nitrogens with zero attached hydrogens (tertiary/aromatic N) is 1. The molecule has 0 bridgehead atoms. The van der Waals surface area contributed by atoms with Crippen LogP contribution in [0, 0.1) is 11.3 Å². The van der Waals surface area contributed by atoms with Gasteiger partial charge in [0.2, 0.25) is 0 Å². The Bertz CT molecular complexity index is 588. The minimum atomic E-state index is 0.496. The second kappa shape index (κ2) is 5.56. The molecule has 0 aliphatic carbocycles. The van der Waals surface area contributed by atoms with Crippen molar-refractivity contribution in [1.29, 1.82) is 5.26 Å². The van der Waals surface area contributed by atoms with Gasteiger partial charge in [-0.25, -0.2) is 0 Å². The molecular formula is C14H11BrN2O. The van der Waals surface area contributed by atoms with Gasteiger partial charge in [0.15, 0.2) is 0 Å². The van der Waals surface area contributed by atoms with E-state index in [1.54, 1.807) is 6.07 Å². The summed E-state index contributed by atoms with van der Waals surface area (Å²) in [7, 11) is 1.86. The van der Waals surface area contributed by atoms with Gasteiger partial charge >= 0.3 is 0 Å². The van der Waals surface area contributed by atoms with E-state index in [4.69, 9.17) is 10.00 Å². The monoisotopic (exact) mass is 302 g/mol. The van der Waals surface area contributed by atoms with Crippen LogP contribution in [-0.2, 0) is 0 Å². The lowest BCUT2D eigenvalue weighted by Crippen LogP contribution is -1.90. The van der Waals surface area contributed by atoms with Crippen molar-refractivity contribution in [2.75, 3.05) is 12.4 Å². The smallest absolute Gasteiger partial charge is 0.146 e. The molecule has 0 aliphatic heterocycles. The van der Waals surface area contributed by atoms with E-state index in [-0.39, 0.29) is 0 Å². The van der Waals surface area contributed by atoms with Crippen LogP contribution in [0.4, 0.5) is 5.69 Å². The number of nitrogens with one attached hydrogen (secondary N) is 1. The van der Waals surface area contributed by atoms with Gasteiger partial charge in [-0.05, 0) is 52.3 Å². The number of anilines is 1. The van der Waals surface area contributed by atoms with E-state index < -0.39 is 0 Å². The molecule has 0 aromatic heterocycles. The molecule has 0 spiro atoms. The van der Waals surface area contributed by atoms with Gasteiger partial charge in [-0.2, -0.15) is 5.26 Å². The standard InChI is InChI=1S/C14H11BrN2O/c1-17-10-5-7-11(8-6-10)18-14-4-2-3-13(15)12(14)9-16/h2-8,17H,1H3. The topological polar surface area (TPSA) is 45.0 Å². The highest BCUT2D eigenvalue weighted by atomic mass is 79.9. The Kier molecular flexibility index (Phi) is 3.85. The third-order valence-electron chi connectivity index (χ3n) is 2.46. The van der Waals surface area contributed by atoms with Gasteiger partial charge < -0.3 is 10.1 Å². The largest absolute Gasteiger partial charge is 0.456 e. The molecule has 4 heteroatoms. The predicted octanol–water partition coefficient (Wildman–Crippen LogP) is 4.15. The van der Waals surface area contributed by atoms with E-state index in [0.29, 0.717) is 17.1 Å². The highest BCUT2D eigenvalue weighted by molar-refractivity contribution is 9.10. The second-order valence-electron chi connectivity index (χ2n) is 3.60. The van der Waals surface area contributed by atoms with Gasteiger partial charge in [-0.1, -0.05) is 6.07 Å². The number of halogens is 1. The number of rotatable bonds is 3. The third-order valence-corrected chi connectivity index (χ3v) is 3.12. The lowest BCUT2D eigenvalue weighted by atomic mass is 10.2. The van der Waals surface area contributed by atoms with E-state index in [1.807, 2.05) is 43.4 Å². The minimum absolute atomic E-state index is 0.496. The van der Waals surface area contributed by atoms with E-state index in [2.05, 4.69) is 27.3 Å². The van der Waals surface area contributed by atoms with Gasteiger partial charge in [0, 0.05) is 17.2 Å². The van der Waals surface area contributed by atoms with Crippen molar-refractivity contribution in [1.82, 2.24) is 0 Å². The fraction of sp³-hybridized carbons (Fsp3) is 0.0714. The molecule has 1 N–H and O–H groups in total. The van der Waals surface area contributed by atoms with Crippen LogP contribution in [0.15, 0.2) is 46.9 Å². The first-order valence-electron chi connectivity index (χ1n) is 5.39. The van der Waals surface area contributed by atoms with Crippen LogP contribution in [0.5, 0.6) is 11.5 Å². The second-order valence-corrected chi connectivity index (χ2v) is 4.46. The number of ether oxygens (including phenoxy) is 1. The molecule has 0 unspecified atom stereocenters. The van der Waals surface area contributed by atoms with E-state index in [1.165, 1.54) is 0 Å². The molecule has 0 atom stereocenters. The highest BCUT2D eigenvalue weighted by Gasteiger charge is 2.07. The third kappa shape index (κ3) is 2.63. The average molecular weight is 303 g/mol. The van der Waals surface area contributed by atoms with E-state index >= 15 is 0 Å². The van der Waals surface area contributed by atoms with Gasteiger partial charge in [0.05, 0.1) is 0 Å². The van der Waals surface area contributed by atoms with Crippen LogP contribution in [0.1, 0.15) is 5.56 Å². The van der Waals surface area contributed by atoms with Crippen molar-refractivity contribution in [3.05, 3.63) is 52.5 Å². The predicted molar refractivity (Wildman–Crippen MR) is 74.9 cm³/mol. The highest BCUT2D eigenvalue weighted by Crippen LogP contribution is 2.30.